The number of benzene rings is 1. The molecule has 19 heavy (non-hydrogen) atoms. The lowest BCUT2D eigenvalue weighted by molar-refractivity contribution is -0.118. The van der Waals surface area contributed by atoms with Crippen LogP contribution in [0.15, 0.2) is 18.2 Å². The van der Waals surface area contributed by atoms with Crippen LogP contribution in [0.3, 0.4) is 0 Å². The summed E-state index contributed by atoms with van der Waals surface area (Å²) in [6.07, 6.45) is 0.786. The number of anilines is 1. The normalized spacial score (nSPS) is 13.7. The highest BCUT2D eigenvalue weighted by Crippen LogP contribution is 2.18. The molecule has 5 heteroatoms. The van der Waals surface area contributed by atoms with E-state index in [0.717, 1.165) is 12.0 Å². The molecule has 0 saturated carbocycles. The van der Waals surface area contributed by atoms with Gasteiger partial charge in [-0.05, 0) is 25.0 Å². The first-order chi connectivity index (χ1) is 8.86. The summed E-state index contributed by atoms with van der Waals surface area (Å²) in [6.45, 7) is 5.63. The Labute approximate surface area is 112 Å². The molecule has 0 heterocycles. The Kier molecular flexibility index (Phi) is 5.06. The first kappa shape index (κ1) is 15.2. The molecule has 1 aromatic carbocycles. The van der Waals surface area contributed by atoms with Crippen molar-refractivity contribution in [2.75, 3.05) is 5.32 Å². The van der Waals surface area contributed by atoms with E-state index in [1.54, 1.807) is 19.1 Å². The zero-order chi connectivity index (χ0) is 14.6. The topological polar surface area (TPSA) is 92.4 Å². The molecule has 0 aliphatic carbocycles. The molecule has 2 atom stereocenters. The van der Waals surface area contributed by atoms with Crippen LogP contribution >= 0.6 is 0 Å². The summed E-state index contributed by atoms with van der Waals surface area (Å²) < 4.78 is 0. The summed E-state index contributed by atoms with van der Waals surface area (Å²) in [7, 11) is 0. The van der Waals surface area contributed by atoms with Crippen molar-refractivity contribution in [2.45, 2.75) is 33.2 Å². The van der Waals surface area contributed by atoms with Crippen LogP contribution in [0.4, 0.5) is 5.69 Å². The summed E-state index contributed by atoms with van der Waals surface area (Å²) >= 11 is 0. The fraction of sp³-hybridized carbons (Fsp3) is 0.429. The van der Waals surface area contributed by atoms with Crippen molar-refractivity contribution in [3.63, 3.8) is 0 Å². The molecule has 104 valence electrons. The largest absolute Gasteiger partial charge is 0.478 e. The van der Waals surface area contributed by atoms with Gasteiger partial charge in [-0.1, -0.05) is 31.9 Å². The van der Waals surface area contributed by atoms with Gasteiger partial charge in [0.25, 0.3) is 0 Å². The number of aryl methyl sites for hydroxylation is 1. The van der Waals surface area contributed by atoms with Crippen molar-refractivity contribution in [3.05, 3.63) is 29.3 Å². The van der Waals surface area contributed by atoms with Gasteiger partial charge in [0.15, 0.2) is 0 Å². The first-order valence-corrected chi connectivity index (χ1v) is 6.27. The van der Waals surface area contributed by atoms with Crippen molar-refractivity contribution in [1.29, 1.82) is 0 Å². The van der Waals surface area contributed by atoms with Crippen LogP contribution in [-0.4, -0.2) is 23.0 Å². The maximum atomic E-state index is 11.9. The maximum absolute atomic E-state index is 11.9. The fourth-order valence-electron chi connectivity index (χ4n) is 1.67. The van der Waals surface area contributed by atoms with Gasteiger partial charge < -0.3 is 16.2 Å². The zero-order valence-corrected chi connectivity index (χ0v) is 11.4. The predicted octanol–water partition coefficient (Wildman–Crippen LogP) is 2.01. The highest BCUT2D eigenvalue weighted by atomic mass is 16.4. The number of carboxylic acids is 1. The Morgan fingerprint density at radius 3 is 2.58 bits per heavy atom. The summed E-state index contributed by atoms with van der Waals surface area (Å²) in [5.74, 6) is -1.39. The van der Waals surface area contributed by atoms with Gasteiger partial charge in [-0.15, -0.1) is 0 Å². The molecule has 0 saturated heterocycles. The highest BCUT2D eigenvalue weighted by Gasteiger charge is 2.21. The van der Waals surface area contributed by atoms with Gasteiger partial charge >= 0.3 is 5.97 Å². The smallest absolute Gasteiger partial charge is 0.337 e. The van der Waals surface area contributed by atoms with Gasteiger partial charge in [-0.3, -0.25) is 4.79 Å². The molecule has 0 aromatic heterocycles. The van der Waals surface area contributed by atoms with Crippen molar-refractivity contribution >= 4 is 17.6 Å². The molecule has 0 radical (unpaired) electrons. The van der Waals surface area contributed by atoms with E-state index >= 15 is 0 Å². The summed E-state index contributed by atoms with van der Waals surface area (Å²) in [5.41, 5.74) is 6.99. The van der Waals surface area contributed by atoms with E-state index in [0.29, 0.717) is 0 Å². The number of nitrogens with two attached hydrogens (primary N) is 1. The minimum Gasteiger partial charge on any atom is -0.478 e. The van der Waals surface area contributed by atoms with Crippen LogP contribution in [0.25, 0.3) is 0 Å². The molecule has 1 rings (SSSR count). The van der Waals surface area contributed by atoms with Gasteiger partial charge in [-0.25, -0.2) is 4.79 Å². The minimum atomic E-state index is -1.07. The monoisotopic (exact) mass is 264 g/mol. The molecule has 0 aliphatic rings. The molecular weight excluding hydrogens is 244 g/mol. The predicted molar refractivity (Wildman–Crippen MR) is 74.2 cm³/mol. The summed E-state index contributed by atoms with van der Waals surface area (Å²) in [6, 6.07) is 4.21. The van der Waals surface area contributed by atoms with Crippen LogP contribution in [0.5, 0.6) is 0 Å². The molecule has 0 unspecified atom stereocenters. The van der Waals surface area contributed by atoms with Gasteiger partial charge in [0.1, 0.15) is 0 Å². The van der Waals surface area contributed by atoms with Gasteiger partial charge in [-0.2, -0.15) is 0 Å². The zero-order valence-electron chi connectivity index (χ0n) is 11.4. The molecule has 1 aromatic rings. The highest BCUT2D eigenvalue weighted by molar-refractivity contribution is 6.02. The molecule has 5 nitrogen and oxygen atoms in total. The minimum absolute atomic E-state index is 0.0405. The quantitative estimate of drug-likeness (QED) is 0.758. The number of carbonyl (C=O) groups is 2. The van der Waals surface area contributed by atoms with Crippen LogP contribution in [0.1, 0.15) is 36.2 Å². The van der Waals surface area contributed by atoms with Crippen molar-refractivity contribution < 1.29 is 14.7 Å². The number of hydrogen-bond donors (Lipinski definition) is 3. The third-order valence-corrected chi connectivity index (χ3v) is 3.22. The molecule has 0 spiro atoms. The van der Waals surface area contributed by atoms with E-state index < -0.39 is 12.0 Å². The van der Waals surface area contributed by atoms with E-state index in [1.165, 1.54) is 6.07 Å². The van der Waals surface area contributed by atoms with E-state index in [9.17, 15) is 9.59 Å². The van der Waals surface area contributed by atoms with Crippen LogP contribution < -0.4 is 11.1 Å². The second-order valence-corrected chi connectivity index (χ2v) is 4.75. The summed E-state index contributed by atoms with van der Waals surface area (Å²) in [4.78, 5) is 23.1. The lowest BCUT2D eigenvalue weighted by Gasteiger charge is -2.18. The number of carbonyl (C=O) groups excluding carboxylic acids is 1. The van der Waals surface area contributed by atoms with E-state index in [4.69, 9.17) is 10.8 Å². The van der Waals surface area contributed by atoms with Crippen LogP contribution in [-0.2, 0) is 4.79 Å². The molecule has 4 N–H and O–H groups in total. The Morgan fingerprint density at radius 1 is 1.42 bits per heavy atom. The average molecular weight is 264 g/mol. The third-order valence-electron chi connectivity index (χ3n) is 3.22. The second-order valence-electron chi connectivity index (χ2n) is 4.75. The number of nitrogens with one attached hydrogen (secondary N) is 1. The van der Waals surface area contributed by atoms with Crippen molar-refractivity contribution in [3.8, 4) is 0 Å². The average Bonchev–Trinajstić information content (AvgIpc) is 2.38. The van der Waals surface area contributed by atoms with Gasteiger partial charge in [0, 0.05) is 0 Å². The second kappa shape index (κ2) is 6.33. The summed E-state index contributed by atoms with van der Waals surface area (Å²) in [5, 5.41) is 11.7. The Hall–Kier alpha value is -1.88. The van der Waals surface area contributed by atoms with Gasteiger partial charge in [0.2, 0.25) is 5.91 Å². The SMILES string of the molecule is CC[C@H](C)[C@H](N)C(=O)Nc1ccc(C)cc1C(=O)O. The van der Waals surface area contributed by atoms with E-state index in [1.807, 2.05) is 13.8 Å². The van der Waals surface area contributed by atoms with Gasteiger partial charge in [0.05, 0.1) is 17.3 Å². The van der Waals surface area contributed by atoms with E-state index in [-0.39, 0.29) is 23.1 Å². The Bertz CT molecular complexity index is 486. The molecule has 0 aliphatic heterocycles. The maximum Gasteiger partial charge on any atom is 0.337 e. The number of hydrogen-bond acceptors (Lipinski definition) is 3. The van der Waals surface area contributed by atoms with Crippen molar-refractivity contribution in [2.24, 2.45) is 11.7 Å². The standard InChI is InChI=1S/C14H20N2O3/c1-4-9(3)12(15)13(17)16-11-6-5-8(2)7-10(11)14(18)19/h5-7,9,12H,4,15H2,1-3H3,(H,16,17)(H,18,19)/t9-,12-/m0/s1. The third kappa shape index (κ3) is 3.79. The lowest BCUT2D eigenvalue weighted by Crippen LogP contribution is -2.40. The lowest BCUT2D eigenvalue weighted by atomic mass is 9.99. The Balaban J connectivity index is 2.94. The number of aromatic carboxylic acids is 1. The molecule has 1 amide bonds. The van der Waals surface area contributed by atoms with Crippen LogP contribution in [0, 0.1) is 12.8 Å². The first-order valence-electron chi connectivity index (χ1n) is 6.27. The molecule has 0 fully saturated rings. The number of carboxylic acid groups (broad SMARTS) is 1. The molecular formula is C14H20N2O3. The molecule has 0 bridgehead atoms. The van der Waals surface area contributed by atoms with Crippen LogP contribution in [0.2, 0.25) is 0 Å². The fourth-order valence-corrected chi connectivity index (χ4v) is 1.67. The Morgan fingerprint density at radius 2 is 2.05 bits per heavy atom. The van der Waals surface area contributed by atoms with E-state index in [2.05, 4.69) is 5.32 Å². The van der Waals surface area contributed by atoms with Crippen molar-refractivity contribution in [1.82, 2.24) is 0 Å². The number of rotatable bonds is 5. The number of amides is 1.